The number of benzene rings is 1. The molecule has 0 unspecified atom stereocenters. The summed E-state index contributed by atoms with van der Waals surface area (Å²) in [4.78, 5) is 12.0. The average molecular weight is 230 g/mol. The molecule has 0 aromatic heterocycles. The minimum absolute atomic E-state index is 0.0411. The lowest BCUT2D eigenvalue weighted by atomic mass is 10.0. The van der Waals surface area contributed by atoms with Crippen molar-refractivity contribution in [2.45, 2.75) is 5.75 Å². The lowest BCUT2D eigenvalue weighted by Crippen LogP contribution is -2.01. The summed E-state index contributed by atoms with van der Waals surface area (Å²) in [6, 6.07) is 7.40. The summed E-state index contributed by atoms with van der Waals surface area (Å²) >= 11 is 4.16. The molecular formula is C14H14OS. The van der Waals surface area contributed by atoms with E-state index in [2.05, 4.69) is 25.8 Å². The molecule has 16 heavy (non-hydrogen) atoms. The van der Waals surface area contributed by atoms with E-state index >= 15 is 0 Å². The SMILES string of the molecule is C=CC=C(C=C)C(=O)c1ccc(CS)cc1. The van der Waals surface area contributed by atoms with Crippen LogP contribution >= 0.6 is 12.6 Å². The van der Waals surface area contributed by atoms with E-state index in [0.29, 0.717) is 16.9 Å². The molecule has 0 amide bonds. The Hall–Kier alpha value is -1.54. The molecule has 2 heteroatoms. The third kappa shape index (κ3) is 2.97. The predicted molar refractivity (Wildman–Crippen MR) is 71.9 cm³/mol. The van der Waals surface area contributed by atoms with Gasteiger partial charge in [0.15, 0.2) is 5.78 Å². The van der Waals surface area contributed by atoms with Crippen LogP contribution in [0.4, 0.5) is 0 Å². The molecule has 0 heterocycles. The van der Waals surface area contributed by atoms with Crippen molar-refractivity contribution in [3.8, 4) is 0 Å². The Morgan fingerprint density at radius 3 is 2.31 bits per heavy atom. The molecule has 0 aliphatic heterocycles. The van der Waals surface area contributed by atoms with Gasteiger partial charge in [0.05, 0.1) is 0 Å². The standard InChI is InChI=1S/C14H14OS/c1-3-5-12(4-2)14(15)13-8-6-11(10-16)7-9-13/h3-9,16H,1-2,10H2. The van der Waals surface area contributed by atoms with E-state index in [4.69, 9.17) is 0 Å². The third-order valence-corrected chi connectivity index (χ3v) is 2.54. The van der Waals surface area contributed by atoms with Gasteiger partial charge in [-0.25, -0.2) is 0 Å². The Balaban J connectivity index is 2.99. The van der Waals surface area contributed by atoms with Crippen molar-refractivity contribution in [3.63, 3.8) is 0 Å². The molecule has 82 valence electrons. The van der Waals surface area contributed by atoms with Gasteiger partial charge < -0.3 is 0 Å². The second-order valence-electron chi connectivity index (χ2n) is 3.25. The van der Waals surface area contributed by atoms with Crippen molar-refractivity contribution < 1.29 is 4.79 Å². The molecule has 1 aromatic carbocycles. The van der Waals surface area contributed by atoms with Gasteiger partial charge >= 0.3 is 0 Å². The van der Waals surface area contributed by atoms with Crippen molar-refractivity contribution >= 4 is 18.4 Å². The number of allylic oxidation sites excluding steroid dienone is 4. The highest BCUT2D eigenvalue weighted by Crippen LogP contribution is 2.12. The molecule has 0 aliphatic carbocycles. The number of carbonyl (C=O) groups is 1. The summed E-state index contributed by atoms with van der Waals surface area (Å²) in [7, 11) is 0. The van der Waals surface area contributed by atoms with Crippen LogP contribution in [0.25, 0.3) is 0 Å². The van der Waals surface area contributed by atoms with E-state index in [0.717, 1.165) is 5.56 Å². The van der Waals surface area contributed by atoms with Gasteiger partial charge in [-0.3, -0.25) is 4.79 Å². The van der Waals surface area contributed by atoms with Crippen LogP contribution in [0.1, 0.15) is 15.9 Å². The van der Waals surface area contributed by atoms with E-state index in [1.165, 1.54) is 6.08 Å². The van der Waals surface area contributed by atoms with E-state index in [9.17, 15) is 4.79 Å². The minimum Gasteiger partial charge on any atom is -0.289 e. The minimum atomic E-state index is -0.0411. The number of hydrogen-bond acceptors (Lipinski definition) is 2. The first-order valence-electron chi connectivity index (χ1n) is 4.92. The summed E-state index contributed by atoms with van der Waals surface area (Å²) in [5, 5.41) is 0. The van der Waals surface area contributed by atoms with Gasteiger partial charge in [0.2, 0.25) is 0 Å². The first kappa shape index (κ1) is 12.5. The normalized spacial score (nSPS) is 10.9. The van der Waals surface area contributed by atoms with E-state index in [1.54, 1.807) is 24.3 Å². The number of Topliss-reactive ketones (excluding diaryl/α,β-unsaturated/α-hetero) is 1. The van der Waals surface area contributed by atoms with Crippen LogP contribution in [0.15, 0.2) is 61.2 Å². The molecular weight excluding hydrogens is 216 g/mol. The fourth-order valence-electron chi connectivity index (χ4n) is 1.29. The molecule has 0 spiro atoms. The van der Waals surface area contributed by atoms with Gasteiger partial charge in [-0.05, 0) is 5.56 Å². The summed E-state index contributed by atoms with van der Waals surface area (Å²) in [6.45, 7) is 7.18. The maximum atomic E-state index is 12.0. The van der Waals surface area contributed by atoms with Gasteiger partial charge in [0, 0.05) is 16.9 Å². The second-order valence-corrected chi connectivity index (χ2v) is 3.56. The van der Waals surface area contributed by atoms with Crippen molar-refractivity contribution in [2.75, 3.05) is 0 Å². The average Bonchev–Trinajstić information content (AvgIpc) is 2.35. The molecule has 0 aliphatic rings. The molecule has 0 N–H and O–H groups in total. The predicted octanol–water partition coefficient (Wildman–Crippen LogP) is 3.60. The molecule has 1 rings (SSSR count). The van der Waals surface area contributed by atoms with Gasteiger partial charge in [-0.15, -0.1) is 0 Å². The van der Waals surface area contributed by atoms with Crippen LogP contribution in [0, 0.1) is 0 Å². The first-order valence-corrected chi connectivity index (χ1v) is 5.55. The van der Waals surface area contributed by atoms with Crippen molar-refractivity contribution in [1.29, 1.82) is 0 Å². The summed E-state index contributed by atoms with van der Waals surface area (Å²) in [6.07, 6.45) is 4.77. The molecule has 0 atom stereocenters. The number of thiol groups is 1. The topological polar surface area (TPSA) is 17.1 Å². The molecule has 0 radical (unpaired) electrons. The van der Waals surface area contributed by atoms with Crippen LogP contribution in [0.3, 0.4) is 0 Å². The molecule has 0 bridgehead atoms. The van der Waals surface area contributed by atoms with Gasteiger partial charge in [-0.2, -0.15) is 12.6 Å². The third-order valence-electron chi connectivity index (χ3n) is 2.18. The van der Waals surface area contributed by atoms with Crippen LogP contribution in [0.2, 0.25) is 0 Å². The van der Waals surface area contributed by atoms with Crippen LogP contribution in [-0.2, 0) is 5.75 Å². The van der Waals surface area contributed by atoms with Gasteiger partial charge in [-0.1, -0.05) is 55.7 Å². The number of hydrogen-bond donors (Lipinski definition) is 1. The zero-order chi connectivity index (χ0) is 12.0. The monoisotopic (exact) mass is 230 g/mol. The fourth-order valence-corrected chi connectivity index (χ4v) is 1.50. The quantitative estimate of drug-likeness (QED) is 0.354. The Morgan fingerprint density at radius 2 is 1.88 bits per heavy atom. The summed E-state index contributed by atoms with van der Waals surface area (Å²) < 4.78 is 0. The van der Waals surface area contributed by atoms with Gasteiger partial charge in [0.25, 0.3) is 0 Å². The lowest BCUT2D eigenvalue weighted by Gasteiger charge is -2.02. The largest absolute Gasteiger partial charge is 0.289 e. The van der Waals surface area contributed by atoms with E-state index in [-0.39, 0.29) is 5.78 Å². The van der Waals surface area contributed by atoms with Crippen molar-refractivity contribution in [2.24, 2.45) is 0 Å². The maximum Gasteiger partial charge on any atom is 0.192 e. The van der Waals surface area contributed by atoms with E-state index < -0.39 is 0 Å². The van der Waals surface area contributed by atoms with Crippen LogP contribution in [-0.4, -0.2) is 5.78 Å². The van der Waals surface area contributed by atoms with E-state index in [1.807, 2.05) is 12.1 Å². The van der Waals surface area contributed by atoms with Crippen LogP contribution < -0.4 is 0 Å². The maximum absolute atomic E-state index is 12.0. The highest BCUT2D eigenvalue weighted by Gasteiger charge is 2.08. The molecule has 0 fully saturated rings. The number of ketones is 1. The lowest BCUT2D eigenvalue weighted by molar-refractivity contribution is 0.103. The smallest absolute Gasteiger partial charge is 0.192 e. The highest BCUT2D eigenvalue weighted by molar-refractivity contribution is 7.79. The fraction of sp³-hybridized carbons (Fsp3) is 0.0714. The highest BCUT2D eigenvalue weighted by atomic mass is 32.1. The molecule has 1 nitrogen and oxygen atoms in total. The Bertz CT molecular complexity index is 427. The second kappa shape index (κ2) is 6.13. The molecule has 0 saturated heterocycles. The van der Waals surface area contributed by atoms with Crippen LogP contribution in [0.5, 0.6) is 0 Å². The molecule has 1 aromatic rings. The first-order chi connectivity index (χ1) is 7.72. The number of carbonyl (C=O) groups excluding carboxylic acids is 1. The Labute approximate surface area is 102 Å². The Kier molecular flexibility index (Phi) is 4.80. The summed E-state index contributed by atoms with van der Waals surface area (Å²) in [5.41, 5.74) is 2.29. The van der Waals surface area contributed by atoms with Crippen molar-refractivity contribution in [1.82, 2.24) is 0 Å². The Morgan fingerprint density at radius 1 is 1.25 bits per heavy atom. The zero-order valence-electron chi connectivity index (χ0n) is 9.02. The van der Waals surface area contributed by atoms with Crippen molar-refractivity contribution in [3.05, 3.63) is 72.4 Å². The summed E-state index contributed by atoms with van der Waals surface area (Å²) in [5.74, 6) is 0.631. The molecule has 0 saturated carbocycles. The number of rotatable bonds is 5. The zero-order valence-corrected chi connectivity index (χ0v) is 9.91. The van der Waals surface area contributed by atoms with Gasteiger partial charge in [0.1, 0.15) is 0 Å².